The summed E-state index contributed by atoms with van der Waals surface area (Å²) in [5.41, 5.74) is 0.306. The van der Waals surface area contributed by atoms with Crippen LogP contribution in [0.2, 0.25) is 0 Å². The van der Waals surface area contributed by atoms with E-state index in [2.05, 4.69) is 10.1 Å². The van der Waals surface area contributed by atoms with E-state index in [1.54, 1.807) is 12.1 Å². The molecule has 0 unspecified atom stereocenters. The molecule has 1 rings (SSSR count). The highest BCUT2D eigenvalue weighted by Crippen LogP contribution is 2.18. The molecule has 1 N–H and O–H groups in total. The minimum atomic E-state index is -4.54. The van der Waals surface area contributed by atoms with Crippen LogP contribution in [0.1, 0.15) is 13.3 Å². The Morgan fingerprint density at radius 3 is 2.74 bits per heavy atom. The summed E-state index contributed by atoms with van der Waals surface area (Å²) < 4.78 is 44.8. The molecule has 0 bridgehead atoms. The van der Waals surface area contributed by atoms with Crippen LogP contribution in [0.4, 0.5) is 23.7 Å². The van der Waals surface area contributed by atoms with E-state index < -0.39 is 18.9 Å². The van der Waals surface area contributed by atoms with Gasteiger partial charge >= 0.3 is 12.3 Å². The van der Waals surface area contributed by atoms with Crippen LogP contribution >= 0.6 is 0 Å². The summed E-state index contributed by atoms with van der Waals surface area (Å²) in [7, 11) is 0. The second kappa shape index (κ2) is 6.86. The second-order valence-corrected chi connectivity index (χ2v) is 3.69. The van der Waals surface area contributed by atoms with E-state index >= 15 is 0 Å². The molecule has 106 valence electrons. The largest absolute Gasteiger partial charge is 0.494 e. The van der Waals surface area contributed by atoms with Gasteiger partial charge in [-0.2, -0.15) is 13.2 Å². The van der Waals surface area contributed by atoms with E-state index in [-0.39, 0.29) is 0 Å². The van der Waals surface area contributed by atoms with Crippen LogP contribution in [0, 0.1) is 0 Å². The normalized spacial score (nSPS) is 10.9. The highest BCUT2D eigenvalue weighted by molar-refractivity contribution is 5.84. The maximum atomic E-state index is 11.8. The summed E-state index contributed by atoms with van der Waals surface area (Å²) >= 11 is 0. The van der Waals surface area contributed by atoms with Gasteiger partial charge in [-0.15, -0.1) is 0 Å². The highest BCUT2D eigenvalue weighted by atomic mass is 19.4. The fraction of sp³-hybridized carbons (Fsp3) is 0.417. The molecule has 0 spiro atoms. The molecule has 0 saturated carbocycles. The lowest BCUT2D eigenvalue weighted by Gasteiger charge is -2.10. The number of alkyl halides is 3. The average molecular weight is 277 g/mol. The zero-order valence-corrected chi connectivity index (χ0v) is 10.3. The topological polar surface area (TPSA) is 47.6 Å². The number of halogens is 3. The Bertz CT molecular complexity index is 421. The molecule has 0 fully saturated rings. The summed E-state index contributed by atoms with van der Waals surface area (Å²) in [6, 6.07) is 6.32. The molecule has 0 aliphatic carbocycles. The number of carbonyl (C=O) groups is 1. The van der Waals surface area contributed by atoms with E-state index in [1.807, 2.05) is 6.92 Å². The monoisotopic (exact) mass is 277 g/mol. The van der Waals surface area contributed by atoms with Gasteiger partial charge in [0, 0.05) is 11.8 Å². The maximum Gasteiger partial charge on any atom is 0.422 e. The van der Waals surface area contributed by atoms with Crippen LogP contribution in [0.15, 0.2) is 24.3 Å². The molecule has 0 aliphatic heterocycles. The number of hydrogen-bond acceptors (Lipinski definition) is 3. The summed E-state index contributed by atoms with van der Waals surface area (Å²) in [4.78, 5) is 11.1. The summed E-state index contributed by atoms with van der Waals surface area (Å²) in [6.45, 7) is 0.837. The number of carbonyl (C=O) groups excluding carboxylic acids is 1. The molecule has 0 radical (unpaired) electrons. The van der Waals surface area contributed by atoms with Crippen molar-refractivity contribution in [2.75, 3.05) is 18.5 Å². The van der Waals surface area contributed by atoms with E-state index in [4.69, 9.17) is 4.74 Å². The van der Waals surface area contributed by atoms with Gasteiger partial charge in [0.1, 0.15) is 5.75 Å². The first-order valence-electron chi connectivity index (χ1n) is 5.64. The number of nitrogens with one attached hydrogen (secondary N) is 1. The van der Waals surface area contributed by atoms with Gasteiger partial charge in [0.25, 0.3) is 0 Å². The van der Waals surface area contributed by atoms with E-state index in [9.17, 15) is 18.0 Å². The molecular formula is C12H14F3NO3. The Balaban J connectivity index is 2.49. The van der Waals surface area contributed by atoms with Crippen molar-refractivity contribution in [2.45, 2.75) is 19.5 Å². The van der Waals surface area contributed by atoms with Crippen molar-refractivity contribution in [3.8, 4) is 5.75 Å². The van der Waals surface area contributed by atoms with Gasteiger partial charge in [0.05, 0.1) is 6.61 Å². The van der Waals surface area contributed by atoms with E-state index in [0.29, 0.717) is 18.0 Å². The quantitative estimate of drug-likeness (QED) is 0.894. The number of ether oxygens (including phenoxy) is 2. The third kappa shape index (κ3) is 6.54. The van der Waals surface area contributed by atoms with Crippen molar-refractivity contribution < 1.29 is 27.4 Å². The SMILES string of the molecule is CCCOc1cccc(NC(=O)OCC(F)(F)F)c1. The van der Waals surface area contributed by atoms with Crippen molar-refractivity contribution in [1.29, 1.82) is 0 Å². The molecule has 0 aromatic heterocycles. The van der Waals surface area contributed by atoms with Crippen molar-refractivity contribution in [2.24, 2.45) is 0 Å². The molecule has 0 atom stereocenters. The molecular weight excluding hydrogens is 263 g/mol. The minimum Gasteiger partial charge on any atom is -0.494 e. The zero-order chi connectivity index (χ0) is 14.3. The van der Waals surface area contributed by atoms with Crippen molar-refractivity contribution in [3.05, 3.63) is 24.3 Å². The molecule has 4 nitrogen and oxygen atoms in total. The number of rotatable bonds is 5. The predicted octanol–water partition coefficient (Wildman–Crippen LogP) is 3.59. The number of hydrogen-bond donors (Lipinski definition) is 1. The summed E-state index contributed by atoms with van der Waals surface area (Å²) in [6.07, 6.45) is -4.88. The third-order valence-corrected chi connectivity index (χ3v) is 1.92. The van der Waals surface area contributed by atoms with Crippen molar-refractivity contribution in [1.82, 2.24) is 0 Å². The lowest BCUT2D eigenvalue weighted by Crippen LogP contribution is -2.23. The number of benzene rings is 1. The maximum absolute atomic E-state index is 11.8. The molecule has 1 amide bonds. The first-order chi connectivity index (χ1) is 8.90. The zero-order valence-electron chi connectivity index (χ0n) is 10.3. The summed E-state index contributed by atoms with van der Waals surface area (Å²) in [5.74, 6) is 0.524. The summed E-state index contributed by atoms with van der Waals surface area (Å²) in [5, 5.41) is 2.19. The second-order valence-electron chi connectivity index (χ2n) is 3.69. The van der Waals surface area contributed by atoms with Gasteiger partial charge in [0.2, 0.25) is 0 Å². The molecule has 7 heteroatoms. The van der Waals surface area contributed by atoms with Crippen LogP contribution in [0.3, 0.4) is 0 Å². The van der Waals surface area contributed by atoms with Gasteiger partial charge in [0.15, 0.2) is 6.61 Å². The fourth-order valence-corrected chi connectivity index (χ4v) is 1.18. The molecule has 1 aromatic rings. The van der Waals surface area contributed by atoms with E-state index in [0.717, 1.165) is 6.42 Å². The predicted molar refractivity (Wildman–Crippen MR) is 63.3 cm³/mol. The lowest BCUT2D eigenvalue weighted by molar-refractivity contribution is -0.159. The van der Waals surface area contributed by atoms with Crippen LogP contribution in [0.5, 0.6) is 5.75 Å². The van der Waals surface area contributed by atoms with Crippen LogP contribution < -0.4 is 10.1 Å². The van der Waals surface area contributed by atoms with Gasteiger partial charge in [-0.3, -0.25) is 5.32 Å². The van der Waals surface area contributed by atoms with Gasteiger partial charge in [-0.1, -0.05) is 13.0 Å². The van der Waals surface area contributed by atoms with Crippen LogP contribution in [-0.4, -0.2) is 25.5 Å². The molecule has 1 aromatic carbocycles. The number of amides is 1. The smallest absolute Gasteiger partial charge is 0.422 e. The number of anilines is 1. The fourth-order valence-electron chi connectivity index (χ4n) is 1.18. The van der Waals surface area contributed by atoms with Gasteiger partial charge in [-0.25, -0.2) is 4.79 Å². The average Bonchev–Trinajstić information content (AvgIpc) is 2.33. The Kier molecular flexibility index (Phi) is 5.47. The van der Waals surface area contributed by atoms with Crippen LogP contribution in [0.25, 0.3) is 0 Å². The first kappa shape index (κ1) is 15.1. The van der Waals surface area contributed by atoms with Crippen LogP contribution in [-0.2, 0) is 4.74 Å². The Labute approximate surface area is 108 Å². The Morgan fingerprint density at radius 1 is 1.37 bits per heavy atom. The Hall–Kier alpha value is -1.92. The third-order valence-electron chi connectivity index (χ3n) is 1.92. The van der Waals surface area contributed by atoms with Crippen molar-refractivity contribution >= 4 is 11.8 Å². The molecule has 19 heavy (non-hydrogen) atoms. The lowest BCUT2D eigenvalue weighted by atomic mass is 10.3. The van der Waals surface area contributed by atoms with E-state index in [1.165, 1.54) is 12.1 Å². The Morgan fingerprint density at radius 2 is 2.11 bits per heavy atom. The van der Waals surface area contributed by atoms with Gasteiger partial charge in [-0.05, 0) is 18.6 Å². The van der Waals surface area contributed by atoms with Gasteiger partial charge < -0.3 is 9.47 Å². The molecule has 0 aliphatic rings. The first-order valence-corrected chi connectivity index (χ1v) is 5.64. The van der Waals surface area contributed by atoms with Crippen molar-refractivity contribution in [3.63, 3.8) is 0 Å². The molecule has 0 saturated heterocycles. The standard InChI is InChI=1S/C12H14F3NO3/c1-2-6-18-10-5-3-4-9(7-10)16-11(17)19-8-12(13,14)15/h3-5,7H,2,6,8H2,1H3,(H,16,17). The minimum absolute atomic E-state index is 0.306. The highest BCUT2D eigenvalue weighted by Gasteiger charge is 2.29. The molecule has 0 heterocycles.